The van der Waals surface area contributed by atoms with Gasteiger partial charge in [-0.05, 0) is 30.7 Å². The Morgan fingerprint density at radius 1 is 1.11 bits per heavy atom. The number of nitrogens with zero attached hydrogens (tertiary/aromatic N) is 1. The Hall–Kier alpha value is -2.60. The molecule has 0 bridgehead atoms. The standard InChI is InChI=1S/C21H21FN2O2S/c22-17-8-1-2-10-19(17)27-15-11-20(25)23-13-5-14-26-18-9-3-6-16-7-4-12-24-21(16)18/h1-4,6-10,12H,5,11,13-15H2,(H,23,25). The first-order valence-corrected chi connectivity index (χ1v) is 9.83. The number of nitrogens with one attached hydrogen (secondary N) is 1. The monoisotopic (exact) mass is 384 g/mol. The number of carbonyl (C=O) groups is 1. The summed E-state index contributed by atoms with van der Waals surface area (Å²) in [6.45, 7) is 1.04. The number of halogens is 1. The van der Waals surface area contributed by atoms with Crippen molar-refractivity contribution in [2.45, 2.75) is 17.7 Å². The highest BCUT2D eigenvalue weighted by molar-refractivity contribution is 7.99. The number of fused-ring (bicyclic) bond motifs is 1. The van der Waals surface area contributed by atoms with Crippen LogP contribution in [0.15, 0.2) is 65.7 Å². The number of hydrogen-bond acceptors (Lipinski definition) is 4. The van der Waals surface area contributed by atoms with Crippen molar-refractivity contribution < 1.29 is 13.9 Å². The van der Waals surface area contributed by atoms with Crippen molar-refractivity contribution in [2.75, 3.05) is 18.9 Å². The van der Waals surface area contributed by atoms with E-state index in [0.717, 1.165) is 16.7 Å². The average Bonchev–Trinajstić information content (AvgIpc) is 2.69. The zero-order chi connectivity index (χ0) is 18.9. The highest BCUT2D eigenvalue weighted by Gasteiger charge is 2.05. The van der Waals surface area contributed by atoms with E-state index < -0.39 is 0 Å². The Labute approximate surface area is 162 Å². The topological polar surface area (TPSA) is 51.2 Å². The van der Waals surface area contributed by atoms with Gasteiger partial charge < -0.3 is 10.1 Å². The number of hydrogen-bond donors (Lipinski definition) is 1. The van der Waals surface area contributed by atoms with Gasteiger partial charge in [0.05, 0.1) is 6.61 Å². The first kappa shape index (κ1) is 19.2. The minimum atomic E-state index is -0.247. The van der Waals surface area contributed by atoms with Crippen LogP contribution in [0.3, 0.4) is 0 Å². The second-order valence-electron chi connectivity index (χ2n) is 5.91. The minimum Gasteiger partial charge on any atom is -0.491 e. The molecule has 2 aromatic carbocycles. The second-order valence-corrected chi connectivity index (χ2v) is 7.05. The minimum absolute atomic E-state index is 0.0364. The average molecular weight is 384 g/mol. The van der Waals surface area contributed by atoms with Crippen LogP contribution in [0, 0.1) is 5.82 Å². The molecule has 140 valence electrons. The summed E-state index contributed by atoms with van der Waals surface area (Å²) in [6, 6.07) is 16.3. The molecule has 0 aliphatic rings. The highest BCUT2D eigenvalue weighted by Crippen LogP contribution is 2.23. The fraction of sp³-hybridized carbons (Fsp3) is 0.238. The number of benzene rings is 2. The van der Waals surface area contributed by atoms with Crippen LogP contribution in [-0.2, 0) is 4.79 Å². The van der Waals surface area contributed by atoms with E-state index in [1.54, 1.807) is 24.4 Å². The molecular weight excluding hydrogens is 363 g/mol. The summed E-state index contributed by atoms with van der Waals surface area (Å²) < 4.78 is 19.3. The van der Waals surface area contributed by atoms with E-state index in [2.05, 4.69) is 10.3 Å². The number of ether oxygens (including phenoxy) is 1. The molecule has 0 unspecified atom stereocenters. The van der Waals surface area contributed by atoms with Gasteiger partial charge in [-0.1, -0.05) is 30.3 Å². The summed E-state index contributed by atoms with van der Waals surface area (Å²) in [6.07, 6.45) is 2.80. The Kier molecular flexibility index (Phi) is 7.04. The van der Waals surface area contributed by atoms with Crippen molar-refractivity contribution in [3.63, 3.8) is 0 Å². The summed E-state index contributed by atoms with van der Waals surface area (Å²) in [4.78, 5) is 16.8. The molecule has 0 spiro atoms. The number of rotatable bonds is 9. The molecule has 0 radical (unpaired) electrons. The zero-order valence-corrected chi connectivity index (χ0v) is 15.7. The Bertz CT molecular complexity index is 899. The maximum absolute atomic E-state index is 13.5. The molecule has 0 saturated heterocycles. The largest absolute Gasteiger partial charge is 0.491 e. The number of amides is 1. The van der Waals surface area contributed by atoms with Crippen LogP contribution in [0.1, 0.15) is 12.8 Å². The van der Waals surface area contributed by atoms with Crippen LogP contribution >= 0.6 is 11.8 Å². The van der Waals surface area contributed by atoms with E-state index >= 15 is 0 Å². The summed E-state index contributed by atoms with van der Waals surface area (Å²) in [5.74, 6) is 1.01. The van der Waals surface area contributed by atoms with Gasteiger partial charge in [0, 0.05) is 35.2 Å². The van der Waals surface area contributed by atoms with Gasteiger partial charge in [-0.25, -0.2) is 4.39 Å². The van der Waals surface area contributed by atoms with E-state index in [0.29, 0.717) is 36.6 Å². The van der Waals surface area contributed by atoms with Gasteiger partial charge in [-0.3, -0.25) is 9.78 Å². The molecule has 6 heteroatoms. The lowest BCUT2D eigenvalue weighted by Gasteiger charge is -2.09. The van der Waals surface area contributed by atoms with Crippen LogP contribution in [0.5, 0.6) is 5.75 Å². The summed E-state index contributed by atoms with van der Waals surface area (Å²) in [5, 5.41) is 3.90. The Morgan fingerprint density at radius 3 is 2.85 bits per heavy atom. The number of aromatic nitrogens is 1. The normalized spacial score (nSPS) is 10.7. The fourth-order valence-electron chi connectivity index (χ4n) is 2.58. The first-order chi connectivity index (χ1) is 13.2. The van der Waals surface area contributed by atoms with Gasteiger partial charge in [0.1, 0.15) is 17.1 Å². The van der Waals surface area contributed by atoms with Crippen molar-refractivity contribution in [3.05, 3.63) is 66.6 Å². The van der Waals surface area contributed by atoms with E-state index in [9.17, 15) is 9.18 Å². The van der Waals surface area contributed by atoms with E-state index in [1.807, 2.05) is 30.3 Å². The first-order valence-electron chi connectivity index (χ1n) is 8.84. The maximum atomic E-state index is 13.5. The lowest BCUT2D eigenvalue weighted by molar-refractivity contribution is -0.120. The van der Waals surface area contributed by atoms with Crippen molar-refractivity contribution in [1.29, 1.82) is 0 Å². The number of carbonyl (C=O) groups excluding carboxylic acids is 1. The van der Waals surface area contributed by atoms with Gasteiger partial charge in [-0.2, -0.15) is 0 Å². The lowest BCUT2D eigenvalue weighted by Crippen LogP contribution is -2.25. The molecule has 3 rings (SSSR count). The molecule has 3 aromatic rings. The molecule has 0 aliphatic carbocycles. The fourth-order valence-corrected chi connectivity index (χ4v) is 3.47. The molecule has 0 atom stereocenters. The molecular formula is C21H21FN2O2S. The van der Waals surface area contributed by atoms with Gasteiger partial charge in [-0.15, -0.1) is 11.8 Å². The van der Waals surface area contributed by atoms with Crippen LogP contribution < -0.4 is 10.1 Å². The SMILES string of the molecule is O=C(CCSc1ccccc1F)NCCCOc1cccc2cccnc12. The van der Waals surface area contributed by atoms with Crippen LogP contribution in [0.25, 0.3) is 10.9 Å². The molecule has 0 fully saturated rings. The second kappa shape index (κ2) is 9.92. The van der Waals surface area contributed by atoms with Crippen molar-refractivity contribution in [3.8, 4) is 5.75 Å². The summed E-state index contributed by atoms with van der Waals surface area (Å²) >= 11 is 1.35. The Balaban J connectivity index is 1.33. The molecule has 0 saturated carbocycles. The van der Waals surface area contributed by atoms with Crippen molar-refractivity contribution in [2.24, 2.45) is 0 Å². The van der Waals surface area contributed by atoms with Gasteiger partial charge in [0.2, 0.25) is 5.91 Å². The molecule has 1 aromatic heterocycles. The summed E-state index contributed by atoms with van der Waals surface area (Å²) in [7, 11) is 0. The molecule has 27 heavy (non-hydrogen) atoms. The van der Waals surface area contributed by atoms with Crippen LogP contribution in [0.4, 0.5) is 4.39 Å². The van der Waals surface area contributed by atoms with Crippen LogP contribution in [0.2, 0.25) is 0 Å². The van der Waals surface area contributed by atoms with Gasteiger partial charge in [0.15, 0.2) is 0 Å². The van der Waals surface area contributed by atoms with Crippen molar-refractivity contribution >= 4 is 28.6 Å². The number of thioether (sulfide) groups is 1. The number of para-hydroxylation sites is 1. The number of pyridine rings is 1. The predicted octanol–water partition coefficient (Wildman–Crippen LogP) is 4.44. The van der Waals surface area contributed by atoms with Gasteiger partial charge in [0.25, 0.3) is 0 Å². The van der Waals surface area contributed by atoms with Crippen LogP contribution in [-0.4, -0.2) is 29.8 Å². The van der Waals surface area contributed by atoms with Crippen molar-refractivity contribution in [1.82, 2.24) is 10.3 Å². The molecule has 1 N–H and O–H groups in total. The Morgan fingerprint density at radius 2 is 1.96 bits per heavy atom. The summed E-state index contributed by atoms with van der Waals surface area (Å²) in [5.41, 5.74) is 0.842. The third kappa shape index (κ3) is 5.69. The zero-order valence-electron chi connectivity index (χ0n) is 14.9. The smallest absolute Gasteiger partial charge is 0.220 e. The molecule has 4 nitrogen and oxygen atoms in total. The van der Waals surface area contributed by atoms with E-state index in [4.69, 9.17) is 4.74 Å². The van der Waals surface area contributed by atoms with Gasteiger partial charge >= 0.3 is 0 Å². The quantitative estimate of drug-likeness (QED) is 0.438. The molecule has 1 amide bonds. The van der Waals surface area contributed by atoms with E-state index in [1.165, 1.54) is 17.8 Å². The molecule has 0 aliphatic heterocycles. The predicted molar refractivity (Wildman–Crippen MR) is 107 cm³/mol. The molecule has 1 heterocycles. The third-order valence-corrected chi connectivity index (χ3v) is 4.97. The maximum Gasteiger partial charge on any atom is 0.220 e. The highest BCUT2D eigenvalue weighted by atomic mass is 32.2. The van der Waals surface area contributed by atoms with E-state index in [-0.39, 0.29) is 11.7 Å². The lowest BCUT2D eigenvalue weighted by atomic mass is 10.2. The third-order valence-electron chi connectivity index (χ3n) is 3.92.